The largest absolute Gasteiger partial charge is 0.494 e. The van der Waals surface area contributed by atoms with E-state index >= 15 is 0 Å². The molecule has 0 unspecified atom stereocenters. The van der Waals surface area contributed by atoms with Crippen molar-refractivity contribution in [1.82, 2.24) is 125 Å². The second-order valence-electron chi connectivity index (χ2n) is 33.6. The Morgan fingerprint density at radius 3 is 1.65 bits per heavy atom. The number of amides is 1. The molecule has 38 heteroatoms. The lowest BCUT2D eigenvalue weighted by atomic mass is 10.1. The smallest absolute Gasteiger partial charge is 0.254 e. The third-order valence-corrected chi connectivity index (χ3v) is 23.7. The standard InChI is InChI=1S/C28H30N6O2.C27H24N8O3.C26H21N9O.C22H21BrN6O2/c1-6-19-9-21-14-29-28(32-27(21)26(10-19)35-5)31-23-11-20(22-15-30-33(4)16-22)12-25(13-23)36-24-7-8-34(17-24)18(2)3;36-26(35-8-10-37-11-9-35)18-2-1-3-20(12-18)32-27-30-15-19-13-22(23-4-5-31-34-23)25(14-24(19)33-27)38-17-21-16-28-6-7-29-21;1-3-18(14-35-17-28-16-31-35)9-21(5-1)32-26-29-13-20-10-22(23-6-8-30-34-23)25(11-24(20)33-26)36-15-19-4-2-7-27-12-19;1-29-12-15(9-26-29)13-4-17(7-18(5-13)31-19-10-24-11-19)27-22-25-8-14-3-16(23)6-20(30-2)21(14)28-22/h1,9-16,18,24H,7-8,17H2,2-5H3,(H,29,31,32);1-7,12-16H,8-11,17H2,(H,31,34)(H,30,32,33);1-13,16-17H,14-15H2,(H,30,34)(H,29,32,33);3-9,12,19,24H,10-11H2,1-2H3,(H,25,27,28)/t24-;;;/m0.../s1. The summed E-state index contributed by atoms with van der Waals surface area (Å²) in [5.74, 6) is 8.64. The number of nitrogens with zero attached hydrogens (tertiary/aromatic N) is 22. The van der Waals surface area contributed by atoms with E-state index in [2.05, 4.69) is 154 Å². The second-order valence-corrected chi connectivity index (χ2v) is 34.5. The molecule has 0 radical (unpaired) electrons. The van der Waals surface area contributed by atoms with Crippen molar-refractivity contribution in [3.8, 4) is 91.6 Å². The molecule has 0 bridgehead atoms. The number of morpholine rings is 1. The number of carbonyl (C=O) groups is 1. The van der Waals surface area contributed by atoms with Gasteiger partial charge < -0.3 is 64.6 Å². The summed E-state index contributed by atoms with van der Waals surface area (Å²) in [6.07, 6.45) is 36.7. The van der Waals surface area contributed by atoms with E-state index in [4.69, 9.17) is 54.5 Å². The van der Waals surface area contributed by atoms with E-state index in [1.807, 2.05) is 184 Å². The number of terminal acetylenes is 1. The number of anilines is 8. The van der Waals surface area contributed by atoms with Crippen LogP contribution >= 0.6 is 15.9 Å². The number of carbonyl (C=O) groups excluding carboxylic acids is 1. The van der Waals surface area contributed by atoms with E-state index in [9.17, 15) is 4.79 Å². The molecule has 7 N–H and O–H groups in total. The molecule has 1 amide bonds. The average molecular weight is 1950 g/mol. The number of halogens is 1. The van der Waals surface area contributed by atoms with Gasteiger partial charge in [-0.25, -0.2) is 49.5 Å². The first-order valence-corrected chi connectivity index (χ1v) is 46.2. The van der Waals surface area contributed by atoms with Crippen LogP contribution in [-0.2, 0) is 38.6 Å². The van der Waals surface area contributed by atoms with Crippen molar-refractivity contribution >= 4 is 112 Å². The van der Waals surface area contributed by atoms with E-state index in [1.165, 1.54) is 6.33 Å². The van der Waals surface area contributed by atoms with Gasteiger partial charge in [0.15, 0.2) is 0 Å². The van der Waals surface area contributed by atoms with Crippen LogP contribution < -0.4 is 55.0 Å². The van der Waals surface area contributed by atoms with Gasteiger partial charge in [-0.2, -0.15) is 25.5 Å². The Kier molecular flexibility index (Phi) is 28.5. The Morgan fingerprint density at radius 2 is 1.11 bits per heavy atom. The van der Waals surface area contributed by atoms with Gasteiger partial charge in [0.05, 0.1) is 80.7 Å². The maximum atomic E-state index is 12.9. The fraction of sp³-hybridized carbons (Fsp3) is 0.204. The van der Waals surface area contributed by atoms with Crippen LogP contribution in [0, 0.1) is 12.3 Å². The Morgan fingerprint density at radius 1 is 0.525 bits per heavy atom. The van der Waals surface area contributed by atoms with Gasteiger partial charge in [0.25, 0.3) is 5.91 Å². The number of H-pyrrole nitrogens is 2. The van der Waals surface area contributed by atoms with Gasteiger partial charge in [-0.1, -0.05) is 46.1 Å². The van der Waals surface area contributed by atoms with E-state index in [0.717, 1.165) is 165 Å². The fourth-order valence-electron chi connectivity index (χ4n) is 16.1. The normalized spacial score (nSPS) is 13.5. The number of aromatic amines is 2. The summed E-state index contributed by atoms with van der Waals surface area (Å²) in [4.78, 5) is 70.5. The number of fused-ring (bicyclic) bond motifs is 4. The molecule has 0 aliphatic carbocycles. The summed E-state index contributed by atoms with van der Waals surface area (Å²) >= 11 is 3.49. The molecule has 3 aliphatic rings. The predicted molar refractivity (Wildman–Crippen MR) is 539 cm³/mol. The topological polar surface area (TPSA) is 414 Å². The highest BCUT2D eigenvalue weighted by Crippen LogP contribution is 2.40. The summed E-state index contributed by atoms with van der Waals surface area (Å²) < 4.78 is 47.5. The number of benzene rings is 8. The zero-order valence-electron chi connectivity index (χ0n) is 77.6. The maximum Gasteiger partial charge on any atom is 0.254 e. The highest BCUT2D eigenvalue weighted by atomic mass is 79.9. The van der Waals surface area contributed by atoms with E-state index in [-0.39, 0.29) is 24.7 Å². The number of likely N-dealkylation sites (tertiary alicyclic amines) is 1. The highest BCUT2D eigenvalue weighted by molar-refractivity contribution is 9.10. The van der Waals surface area contributed by atoms with Crippen LogP contribution in [0.1, 0.15) is 53.0 Å². The van der Waals surface area contributed by atoms with Crippen molar-refractivity contribution in [3.63, 3.8) is 0 Å². The minimum absolute atomic E-state index is 0.0207. The highest BCUT2D eigenvalue weighted by Gasteiger charge is 2.28. The number of ether oxygens (including phenoxy) is 7. The zero-order valence-corrected chi connectivity index (χ0v) is 79.2. The molecule has 0 saturated carbocycles. The molecule has 37 nitrogen and oxygen atoms in total. The molecule has 708 valence electrons. The number of pyridine rings is 1. The second kappa shape index (κ2) is 43.4. The fourth-order valence-corrected chi connectivity index (χ4v) is 16.5. The van der Waals surface area contributed by atoms with Gasteiger partial charge in [0.2, 0.25) is 23.8 Å². The van der Waals surface area contributed by atoms with E-state index in [0.29, 0.717) is 115 Å². The van der Waals surface area contributed by atoms with Crippen molar-refractivity contribution in [1.29, 1.82) is 0 Å². The monoisotopic (exact) mass is 1950 g/mol. The summed E-state index contributed by atoms with van der Waals surface area (Å²) in [5.41, 5.74) is 17.6. The zero-order chi connectivity index (χ0) is 96.5. The quantitative estimate of drug-likeness (QED) is 0.0224. The lowest BCUT2D eigenvalue weighted by Gasteiger charge is -2.28. The maximum absolute atomic E-state index is 12.9. The molecule has 19 aromatic rings. The van der Waals surface area contributed by atoms with Gasteiger partial charge >= 0.3 is 0 Å². The molecule has 3 aliphatic heterocycles. The Balaban J connectivity index is 0.000000120. The summed E-state index contributed by atoms with van der Waals surface area (Å²) in [7, 11) is 7.04. The molecule has 141 heavy (non-hydrogen) atoms. The number of rotatable bonds is 28. The minimum atomic E-state index is -0.0207. The molecule has 0 spiro atoms. The molecular weight excluding hydrogens is 1850 g/mol. The van der Waals surface area contributed by atoms with Crippen LogP contribution in [0.2, 0.25) is 0 Å². The lowest BCUT2D eigenvalue weighted by molar-refractivity contribution is 0.0303. The predicted octanol–water partition coefficient (Wildman–Crippen LogP) is 16.5. The van der Waals surface area contributed by atoms with Crippen molar-refractivity contribution < 1.29 is 38.0 Å². The Bertz CT molecular complexity index is 7620. The number of aryl methyl sites for hydroxylation is 2. The summed E-state index contributed by atoms with van der Waals surface area (Å²) in [5, 5.41) is 46.8. The molecule has 22 rings (SSSR count). The molecule has 3 fully saturated rings. The van der Waals surface area contributed by atoms with Crippen LogP contribution in [0.3, 0.4) is 0 Å². The average Bonchev–Trinajstić information content (AvgIpc) is 1.53. The number of hydrogen-bond acceptors (Lipinski definition) is 31. The molecule has 3 saturated heterocycles. The third-order valence-electron chi connectivity index (χ3n) is 23.2. The summed E-state index contributed by atoms with van der Waals surface area (Å²) in [6.45, 7) is 11.7. The minimum Gasteiger partial charge on any atom is -0.494 e. The van der Waals surface area contributed by atoms with Crippen LogP contribution in [0.25, 0.3) is 88.4 Å². The van der Waals surface area contributed by atoms with Crippen LogP contribution in [-0.4, -0.2) is 210 Å². The Hall–Kier alpha value is -17.3. The van der Waals surface area contributed by atoms with E-state index < -0.39 is 0 Å². The van der Waals surface area contributed by atoms with Crippen LogP contribution in [0.5, 0.6) is 34.5 Å². The van der Waals surface area contributed by atoms with Gasteiger partial charge in [0, 0.05) is 246 Å². The first-order chi connectivity index (χ1) is 69.0. The van der Waals surface area contributed by atoms with Gasteiger partial charge in [0.1, 0.15) is 83.6 Å². The van der Waals surface area contributed by atoms with Gasteiger partial charge in [-0.15, -0.1) is 6.42 Å². The van der Waals surface area contributed by atoms with Crippen LogP contribution in [0.4, 0.5) is 46.5 Å². The number of methoxy groups -OCH3 is 2. The molecule has 8 aromatic carbocycles. The molecule has 11 aromatic heterocycles. The SMILES string of the molecule is C#Cc1cc(OC)c2nc(Nc3cc(O[C@H]4CCN(C(C)C)C4)cc(-c4cnn(C)c4)c3)ncc2c1.COc1cc(Br)cc2cnc(Nc3cc(OC4CNC4)cc(-c4cnn(C)c4)c3)nc12.O=C(c1cccc(Nc2ncc3cc(-c4ccn[nH]4)c(OCc4cnccn4)cc3n2)c1)N1CCOCC1.c1cncc(COc2cc3nc(Nc4cccc(Cn5cncn5)c4)ncc3cc2-c2ccn[nH]2)c1. The van der Waals surface area contributed by atoms with Crippen LogP contribution in [0.15, 0.2) is 268 Å². The third kappa shape index (κ3) is 23.4. The van der Waals surface area contributed by atoms with Crippen molar-refractivity contribution in [2.24, 2.45) is 14.1 Å². The molecule has 14 heterocycles. The number of hydrogen-bond donors (Lipinski definition) is 7. The lowest BCUT2D eigenvalue weighted by Crippen LogP contribution is -2.50. The number of nitrogens with one attached hydrogen (secondary N) is 7. The van der Waals surface area contributed by atoms with Gasteiger partial charge in [-0.3, -0.25) is 44.2 Å². The van der Waals surface area contributed by atoms with E-state index in [1.54, 1.807) is 114 Å². The first kappa shape index (κ1) is 92.8. The molecular formula is C103H96BrN29O8. The van der Waals surface area contributed by atoms with Gasteiger partial charge in [-0.05, 0) is 146 Å². The Labute approximate surface area is 817 Å². The van der Waals surface area contributed by atoms with Crippen molar-refractivity contribution in [3.05, 3.63) is 296 Å². The number of aromatic nitrogens is 22. The van der Waals surface area contributed by atoms with Crippen molar-refractivity contribution in [2.45, 2.75) is 58.3 Å². The molecule has 1 atom stereocenters. The summed E-state index contributed by atoms with van der Waals surface area (Å²) in [6, 6.07) is 50.9. The van der Waals surface area contributed by atoms with Crippen molar-refractivity contribution in [2.75, 3.05) is 88.0 Å². The first-order valence-electron chi connectivity index (χ1n) is 45.4.